The Morgan fingerprint density at radius 3 is 2.41 bits per heavy atom. The highest BCUT2D eigenvalue weighted by atomic mass is 35.5. The van der Waals surface area contributed by atoms with Gasteiger partial charge in [0.2, 0.25) is 0 Å². The normalized spacial score (nSPS) is 21.4. The average Bonchev–Trinajstić information content (AvgIpc) is 3.21. The molecule has 8 nitrogen and oxygen atoms in total. The molecular formula is C17H15ClN4O4S. The lowest BCUT2D eigenvalue weighted by atomic mass is 10.1. The van der Waals surface area contributed by atoms with Crippen LogP contribution >= 0.6 is 11.6 Å². The van der Waals surface area contributed by atoms with Crippen LogP contribution in [0.15, 0.2) is 29.4 Å². The largest absolute Gasteiger partial charge is 0.282 e. The summed E-state index contributed by atoms with van der Waals surface area (Å²) in [5.74, 6) is -0.918. The van der Waals surface area contributed by atoms with Gasteiger partial charge in [-0.3, -0.25) is 9.59 Å². The zero-order chi connectivity index (χ0) is 19.3. The van der Waals surface area contributed by atoms with Crippen molar-refractivity contribution in [2.45, 2.75) is 19.4 Å². The minimum Gasteiger partial charge on any atom is -0.267 e. The standard InChI is InChI=1S/C17H15ClN4O4S/c1-10-14(15(18)21(20-10)11-6-7-27(25,26)9-11)8-19-22-16(23)12-4-2-3-5-13(12)17(22)24/h2-5,8,11H,6-7,9H2,1H3/b19-8-/t11-/m1/s1. The van der Waals surface area contributed by atoms with E-state index in [0.717, 1.165) is 5.01 Å². The lowest BCUT2D eigenvalue weighted by molar-refractivity contribution is 0.0660. The monoisotopic (exact) mass is 406 g/mol. The smallest absolute Gasteiger partial charge is 0.267 e. The van der Waals surface area contributed by atoms with Crippen LogP contribution in [0.3, 0.4) is 0 Å². The van der Waals surface area contributed by atoms with Crippen molar-refractivity contribution in [1.82, 2.24) is 14.8 Å². The molecule has 140 valence electrons. The molecule has 2 aliphatic rings. The quantitative estimate of drug-likeness (QED) is 0.571. The van der Waals surface area contributed by atoms with E-state index in [0.29, 0.717) is 28.8 Å². The third kappa shape index (κ3) is 2.96. The minimum atomic E-state index is -3.09. The van der Waals surface area contributed by atoms with Crippen molar-refractivity contribution in [3.05, 3.63) is 51.8 Å². The zero-order valence-electron chi connectivity index (χ0n) is 14.3. The molecule has 4 rings (SSSR count). The van der Waals surface area contributed by atoms with Crippen LogP contribution in [-0.4, -0.2) is 52.7 Å². The van der Waals surface area contributed by atoms with E-state index < -0.39 is 21.7 Å². The highest BCUT2D eigenvalue weighted by Crippen LogP contribution is 2.29. The van der Waals surface area contributed by atoms with Crippen molar-refractivity contribution >= 4 is 39.5 Å². The van der Waals surface area contributed by atoms with Crippen molar-refractivity contribution in [2.24, 2.45) is 5.10 Å². The number of imide groups is 1. The molecule has 3 heterocycles. The number of hydrogen-bond donors (Lipinski definition) is 0. The van der Waals surface area contributed by atoms with Crippen LogP contribution in [0.1, 0.15) is 44.4 Å². The van der Waals surface area contributed by atoms with Crippen molar-refractivity contribution in [3.63, 3.8) is 0 Å². The van der Waals surface area contributed by atoms with E-state index in [9.17, 15) is 18.0 Å². The van der Waals surface area contributed by atoms with Gasteiger partial charge in [-0.2, -0.15) is 15.2 Å². The SMILES string of the molecule is Cc1nn([C@@H]2CCS(=O)(=O)C2)c(Cl)c1/C=N\N1C(=O)c2ccccc2C1=O. The lowest BCUT2D eigenvalue weighted by Crippen LogP contribution is -2.24. The van der Waals surface area contributed by atoms with Crippen LogP contribution in [0.25, 0.3) is 0 Å². The van der Waals surface area contributed by atoms with Gasteiger partial charge in [-0.15, -0.1) is 0 Å². The first-order chi connectivity index (χ1) is 12.8. The Morgan fingerprint density at radius 2 is 1.85 bits per heavy atom. The van der Waals surface area contributed by atoms with Gasteiger partial charge in [0.05, 0.1) is 46.1 Å². The maximum absolute atomic E-state index is 12.4. The molecule has 0 N–H and O–H groups in total. The topological polar surface area (TPSA) is 102 Å². The average molecular weight is 407 g/mol. The van der Waals surface area contributed by atoms with Crippen LogP contribution < -0.4 is 0 Å². The molecule has 1 fully saturated rings. The number of carbonyl (C=O) groups is 2. The van der Waals surface area contributed by atoms with Gasteiger partial charge < -0.3 is 0 Å². The molecule has 1 saturated heterocycles. The van der Waals surface area contributed by atoms with E-state index in [1.165, 1.54) is 10.9 Å². The number of hydrogen-bond acceptors (Lipinski definition) is 6. The number of hydrazone groups is 1. The van der Waals surface area contributed by atoms with E-state index in [2.05, 4.69) is 10.2 Å². The second kappa shape index (κ2) is 6.28. The molecule has 0 aliphatic carbocycles. The van der Waals surface area contributed by atoms with Gasteiger partial charge in [-0.1, -0.05) is 23.7 Å². The number of benzene rings is 1. The van der Waals surface area contributed by atoms with E-state index in [-0.39, 0.29) is 22.7 Å². The van der Waals surface area contributed by atoms with Gasteiger partial charge in [0.15, 0.2) is 9.84 Å². The number of aromatic nitrogens is 2. The number of amides is 2. The molecular weight excluding hydrogens is 392 g/mol. The van der Waals surface area contributed by atoms with Gasteiger partial charge in [0.1, 0.15) is 5.15 Å². The second-order valence-electron chi connectivity index (χ2n) is 6.50. The molecule has 2 amide bonds. The van der Waals surface area contributed by atoms with E-state index in [1.54, 1.807) is 31.2 Å². The molecule has 10 heteroatoms. The fraction of sp³-hybridized carbons (Fsp3) is 0.294. The summed E-state index contributed by atoms with van der Waals surface area (Å²) in [6.07, 6.45) is 1.75. The summed E-state index contributed by atoms with van der Waals surface area (Å²) in [7, 11) is -3.09. The summed E-state index contributed by atoms with van der Waals surface area (Å²) < 4.78 is 24.9. The molecule has 1 aromatic heterocycles. The molecule has 0 bridgehead atoms. The first-order valence-corrected chi connectivity index (χ1v) is 10.5. The Hall–Kier alpha value is -2.52. The number of rotatable bonds is 3. The molecule has 0 radical (unpaired) electrons. The Kier molecular flexibility index (Phi) is 4.15. The van der Waals surface area contributed by atoms with Crippen LogP contribution in [0.4, 0.5) is 0 Å². The molecule has 0 saturated carbocycles. The van der Waals surface area contributed by atoms with Crippen molar-refractivity contribution in [3.8, 4) is 0 Å². The Bertz CT molecular complexity index is 1070. The fourth-order valence-electron chi connectivity index (χ4n) is 3.29. The Labute approximate surface area is 160 Å². The van der Waals surface area contributed by atoms with E-state index in [1.807, 2.05) is 0 Å². The zero-order valence-corrected chi connectivity index (χ0v) is 15.9. The van der Waals surface area contributed by atoms with Crippen LogP contribution in [0.2, 0.25) is 5.15 Å². The molecule has 0 spiro atoms. The lowest BCUT2D eigenvalue weighted by Gasteiger charge is -2.09. The maximum Gasteiger partial charge on any atom is 0.282 e. The highest BCUT2D eigenvalue weighted by molar-refractivity contribution is 7.91. The summed E-state index contributed by atoms with van der Waals surface area (Å²) in [6.45, 7) is 1.70. The summed E-state index contributed by atoms with van der Waals surface area (Å²) in [4.78, 5) is 24.7. The number of sulfone groups is 1. The first kappa shape index (κ1) is 17.9. The number of nitrogens with zero attached hydrogens (tertiary/aromatic N) is 4. The summed E-state index contributed by atoms with van der Waals surface area (Å²) >= 11 is 6.38. The van der Waals surface area contributed by atoms with Crippen LogP contribution in [-0.2, 0) is 9.84 Å². The Balaban J connectivity index is 1.63. The molecule has 2 aliphatic heterocycles. The number of halogens is 1. The highest BCUT2D eigenvalue weighted by Gasteiger charge is 2.35. The van der Waals surface area contributed by atoms with Gasteiger partial charge in [-0.25, -0.2) is 13.1 Å². The first-order valence-electron chi connectivity index (χ1n) is 8.25. The predicted octanol–water partition coefficient (Wildman–Crippen LogP) is 1.83. The van der Waals surface area contributed by atoms with Crippen LogP contribution in [0.5, 0.6) is 0 Å². The van der Waals surface area contributed by atoms with Crippen LogP contribution in [0, 0.1) is 6.92 Å². The predicted molar refractivity (Wildman–Crippen MR) is 98.8 cm³/mol. The van der Waals surface area contributed by atoms with Gasteiger partial charge in [0, 0.05) is 0 Å². The minimum absolute atomic E-state index is 0.0111. The summed E-state index contributed by atoms with van der Waals surface area (Å²) in [6, 6.07) is 6.17. The van der Waals surface area contributed by atoms with Crippen molar-refractivity contribution in [1.29, 1.82) is 0 Å². The molecule has 0 unspecified atom stereocenters. The van der Waals surface area contributed by atoms with Gasteiger partial charge in [0.25, 0.3) is 11.8 Å². The number of fused-ring (bicyclic) bond motifs is 1. The Morgan fingerprint density at radius 1 is 1.22 bits per heavy atom. The number of carbonyl (C=O) groups excluding carboxylic acids is 2. The third-order valence-electron chi connectivity index (χ3n) is 4.70. The molecule has 27 heavy (non-hydrogen) atoms. The summed E-state index contributed by atoms with van der Waals surface area (Å²) in [5, 5.41) is 9.36. The van der Waals surface area contributed by atoms with E-state index in [4.69, 9.17) is 11.6 Å². The third-order valence-corrected chi connectivity index (χ3v) is 6.83. The molecule has 1 aromatic carbocycles. The van der Waals surface area contributed by atoms with Crippen molar-refractivity contribution in [2.75, 3.05) is 11.5 Å². The summed E-state index contributed by atoms with van der Waals surface area (Å²) in [5.41, 5.74) is 1.57. The van der Waals surface area contributed by atoms with Gasteiger partial charge >= 0.3 is 0 Å². The van der Waals surface area contributed by atoms with Gasteiger partial charge in [-0.05, 0) is 25.5 Å². The molecule has 1 atom stereocenters. The number of aryl methyl sites for hydroxylation is 1. The molecule has 2 aromatic rings. The fourth-order valence-corrected chi connectivity index (χ4v) is 5.34. The maximum atomic E-state index is 12.4. The second-order valence-corrected chi connectivity index (χ2v) is 9.09. The van der Waals surface area contributed by atoms with E-state index >= 15 is 0 Å². The van der Waals surface area contributed by atoms with Crippen molar-refractivity contribution < 1.29 is 18.0 Å².